The fourth-order valence-electron chi connectivity index (χ4n) is 3.83. The highest BCUT2D eigenvalue weighted by molar-refractivity contribution is 5.92. The van der Waals surface area contributed by atoms with E-state index in [9.17, 15) is 4.79 Å². The van der Waals surface area contributed by atoms with Crippen LogP contribution in [0.4, 0.5) is 0 Å². The number of carbonyl (C=O) groups excluding carboxylic acids is 1. The van der Waals surface area contributed by atoms with Crippen LogP contribution in [0.15, 0.2) is 46.9 Å². The summed E-state index contributed by atoms with van der Waals surface area (Å²) in [6.07, 6.45) is 10.2. The summed E-state index contributed by atoms with van der Waals surface area (Å²) in [5.74, 6) is 1.80. The Labute approximate surface area is 130 Å². The van der Waals surface area contributed by atoms with E-state index in [0.717, 1.165) is 24.8 Å². The van der Waals surface area contributed by atoms with Crippen molar-refractivity contribution in [3.8, 4) is 0 Å². The first-order valence-corrected chi connectivity index (χ1v) is 8.02. The second-order valence-corrected chi connectivity index (χ2v) is 6.27. The van der Waals surface area contributed by atoms with Crippen molar-refractivity contribution in [1.29, 1.82) is 0 Å². The van der Waals surface area contributed by atoms with E-state index in [4.69, 9.17) is 4.42 Å². The van der Waals surface area contributed by atoms with Gasteiger partial charge in [0.05, 0.1) is 6.26 Å². The van der Waals surface area contributed by atoms with Crippen LogP contribution in [0.5, 0.6) is 0 Å². The van der Waals surface area contributed by atoms with E-state index in [1.807, 2.05) is 12.2 Å². The van der Waals surface area contributed by atoms with Crippen molar-refractivity contribution in [3.05, 3.63) is 48.2 Å². The first kappa shape index (κ1) is 13.6. The Bertz CT molecular complexity index is 597. The highest BCUT2D eigenvalue weighted by Crippen LogP contribution is 2.32. The van der Waals surface area contributed by atoms with Gasteiger partial charge in [-0.25, -0.2) is 0 Å². The zero-order valence-corrected chi connectivity index (χ0v) is 12.6. The minimum atomic E-state index is -0.183. The molecule has 0 aliphatic carbocycles. The molecule has 3 fully saturated rings. The van der Waals surface area contributed by atoms with E-state index in [-0.39, 0.29) is 5.91 Å². The molecule has 2 bridgehead atoms. The maximum absolute atomic E-state index is 12.3. The zero-order valence-electron chi connectivity index (χ0n) is 12.6. The van der Waals surface area contributed by atoms with Gasteiger partial charge in [-0.05, 0) is 50.1 Å². The van der Waals surface area contributed by atoms with Crippen molar-refractivity contribution in [1.82, 2.24) is 15.1 Å². The number of piperidine rings is 3. The van der Waals surface area contributed by atoms with E-state index < -0.39 is 0 Å². The van der Waals surface area contributed by atoms with Gasteiger partial charge in [-0.15, -0.1) is 0 Å². The Hall–Kier alpha value is -2.01. The Morgan fingerprint density at radius 1 is 1.32 bits per heavy atom. The SMILES string of the molecule is O=C(NC1=CC=CCN1[C@H]1CN2CCC1CC2)c1ccco1. The lowest BCUT2D eigenvalue weighted by atomic mass is 9.83. The smallest absolute Gasteiger partial charge is 0.292 e. The highest BCUT2D eigenvalue weighted by atomic mass is 16.3. The number of nitrogens with one attached hydrogen (secondary N) is 1. The molecule has 0 unspecified atom stereocenters. The third-order valence-corrected chi connectivity index (χ3v) is 5.01. The van der Waals surface area contributed by atoms with Crippen LogP contribution in [0.3, 0.4) is 0 Å². The summed E-state index contributed by atoms with van der Waals surface area (Å²) in [6.45, 7) is 4.41. The lowest BCUT2D eigenvalue weighted by Gasteiger charge is -2.50. The molecule has 4 aliphatic heterocycles. The summed E-state index contributed by atoms with van der Waals surface area (Å²) in [5, 5.41) is 3.01. The topological polar surface area (TPSA) is 48.7 Å². The van der Waals surface area contributed by atoms with Crippen molar-refractivity contribution in [2.24, 2.45) is 5.92 Å². The van der Waals surface area contributed by atoms with Crippen molar-refractivity contribution < 1.29 is 9.21 Å². The molecule has 3 saturated heterocycles. The van der Waals surface area contributed by atoms with Crippen LogP contribution in [-0.4, -0.2) is 47.9 Å². The average Bonchev–Trinajstić information content (AvgIpc) is 3.11. The average molecular weight is 299 g/mol. The lowest BCUT2D eigenvalue weighted by Crippen LogP contribution is -2.58. The van der Waals surface area contributed by atoms with Crippen molar-refractivity contribution in [2.75, 3.05) is 26.2 Å². The van der Waals surface area contributed by atoms with Gasteiger partial charge in [0.25, 0.3) is 5.91 Å². The van der Waals surface area contributed by atoms with Crippen LogP contribution >= 0.6 is 0 Å². The van der Waals surface area contributed by atoms with Crippen LogP contribution in [0.25, 0.3) is 0 Å². The minimum Gasteiger partial charge on any atom is -0.459 e. The van der Waals surface area contributed by atoms with Crippen LogP contribution in [-0.2, 0) is 0 Å². The first-order valence-electron chi connectivity index (χ1n) is 8.02. The summed E-state index contributed by atoms with van der Waals surface area (Å²) < 4.78 is 5.18. The van der Waals surface area contributed by atoms with Gasteiger partial charge in [-0.2, -0.15) is 0 Å². The highest BCUT2D eigenvalue weighted by Gasteiger charge is 2.38. The second-order valence-electron chi connectivity index (χ2n) is 6.27. The molecular formula is C17H21N3O2. The Kier molecular flexibility index (Phi) is 3.50. The number of nitrogens with zero attached hydrogens (tertiary/aromatic N) is 2. The predicted molar refractivity (Wildman–Crippen MR) is 83.1 cm³/mol. The van der Waals surface area contributed by atoms with Crippen LogP contribution in [0.1, 0.15) is 23.4 Å². The Balaban J connectivity index is 1.51. The van der Waals surface area contributed by atoms with Crippen LogP contribution in [0, 0.1) is 5.92 Å². The lowest BCUT2D eigenvalue weighted by molar-refractivity contribution is 0.0210. The minimum absolute atomic E-state index is 0.183. The third-order valence-electron chi connectivity index (χ3n) is 5.01. The molecule has 5 heteroatoms. The molecule has 1 aromatic heterocycles. The standard InChI is InChI=1S/C17H21N3O2/c21-17(15-4-3-11-22-15)18-16-5-1-2-8-20(16)14-12-19-9-6-13(14)7-10-19/h1-5,11,13-14H,6-10,12H2,(H,18,21)/t14-/m0/s1. The number of hydrogen-bond acceptors (Lipinski definition) is 4. The predicted octanol–water partition coefficient (Wildman–Crippen LogP) is 1.82. The quantitative estimate of drug-likeness (QED) is 0.925. The third kappa shape index (κ3) is 2.46. The Morgan fingerprint density at radius 2 is 2.18 bits per heavy atom. The molecule has 4 aliphatic rings. The number of fused-ring (bicyclic) bond motifs is 3. The maximum Gasteiger partial charge on any atom is 0.292 e. The van der Waals surface area contributed by atoms with Gasteiger partial charge in [-0.1, -0.05) is 12.2 Å². The summed E-state index contributed by atoms with van der Waals surface area (Å²) >= 11 is 0. The molecule has 5 rings (SSSR count). The molecule has 5 nitrogen and oxygen atoms in total. The van der Waals surface area contributed by atoms with E-state index in [1.54, 1.807) is 12.1 Å². The van der Waals surface area contributed by atoms with E-state index in [1.165, 1.54) is 32.2 Å². The number of hydrogen-bond donors (Lipinski definition) is 1. The summed E-state index contributed by atoms with van der Waals surface area (Å²) in [7, 11) is 0. The molecule has 1 amide bonds. The van der Waals surface area contributed by atoms with E-state index in [0.29, 0.717) is 11.8 Å². The van der Waals surface area contributed by atoms with Gasteiger partial charge in [0, 0.05) is 19.1 Å². The molecule has 0 saturated carbocycles. The van der Waals surface area contributed by atoms with Crippen molar-refractivity contribution >= 4 is 5.91 Å². The van der Waals surface area contributed by atoms with Gasteiger partial charge >= 0.3 is 0 Å². The maximum atomic E-state index is 12.3. The van der Waals surface area contributed by atoms with Crippen molar-refractivity contribution in [2.45, 2.75) is 18.9 Å². The van der Waals surface area contributed by atoms with Gasteiger partial charge in [-0.3, -0.25) is 4.79 Å². The van der Waals surface area contributed by atoms with Gasteiger partial charge in [0.2, 0.25) is 0 Å². The van der Waals surface area contributed by atoms with Crippen LogP contribution < -0.4 is 5.32 Å². The van der Waals surface area contributed by atoms with Gasteiger partial charge in [0.15, 0.2) is 5.76 Å². The molecule has 5 heterocycles. The summed E-state index contributed by atoms with van der Waals surface area (Å²) in [4.78, 5) is 17.1. The monoisotopic (exact) mass is 299 g/mol. The number of furan rings is 1. The number of carbonyl (C=O) groups is 1. The first-order chi connectivity index (χ1) is 10.8. The number of rotatable bonds is 3. The molecular weight excluding hydrogens is 278 g/mol. The summed E-state index contributed by atoms with van der Waals surface area (Å²) in [5.41, 5.74) is 0. The van der Waals surface area contributed by atoms with E-state index >= 15 is 0 Å². The molecule has 1 aromatic rings. The molecule has 0 aromatic carbocycles. The molecule has 0 spiro atoms. The number of amides is 1. The largest absolute Gasteiger partial charge is 0.459 e. The Morgan fingerprint density at radius 3 is 2.86 bits per heavy atom. The van der Waals surface area contributed by atoms with Crippen LogP contribution in [0.2, 0.25) is 0 Å². The fourth-order valence-corrected chi connectivity index (χ4v) is 3.83. The normalized spacial score (nSPS) is 30.3. The molecule has 22 heavy (non-hydrogen) atoms. The van der Waals surface area contributed by atoms with Gasteiger partial charge in [0.1, 0.15) is 5.82 Å². The number of allylic oxidation sites excluding steroid dienone is 2. The molecule has 116 valence electrons. The van der Waals surface area contributed by atoms with E-state index in [2.05, 4.69) is 21.2 Å². The molecule has 1 N–H and O–H groups in total. The van der Waals surface area contributed by atoms with Crippen molar-refractivity contribution in [3.63, 3.8) is 0 Å². The molecule has 1 atom stereocenters. The zero-order chi connectivity index (χ0) is 14.9. The summed E-state index contributed by atoms with van der Waals surface area (Å²) in [6, 6.07) is 3.91. The molecule has 0 radical (unpaired) electrons. The van der Waals surface area contributed by atoms with Gasteiger partial charge < -0.3 is 19.5 Å². The fraction of sp³-hybridized carbons (Fsp3) is 0.471. The second kappa shape index (κ2) is 5.65.